The van der Waals surface area contributed by atoms with Crippen LogP contribution in [-0.4, -0.2) is 50.9 Å². The van der Waals surface area contributed by atoms with E-state index in [0.717, 1.165) is 16.4 Å². The first-order valence-electron chi connectivity index (χ1n) is 12.5. The molecule has 0 bridgehead atoms. The Hall–Kier alpha value is -3.34. The van der Waals surface area contributed by atoms with Crippen molar-refractivity contribution in [3.63, 3.8) is 0 Å². The van der Waals surface area contributed by atoms with Gasteiger partial charge >= 0.3 is 0 Å². The lowest BCUT2D eigenvalue weighted by Gasteiger charge is -2.32. The summed E-state index contributed by atoms with van der Waals surface area (Å²) in [6, 6.07) is 14.2. The maximum atomic E-state index is 13.8. The Morgan fingerprint density at radius 1 is 1.00 bits per heavy atom. The molecule has 8 nitrogen and oxygen atoms in total. The van der Waals surface area contributed by atoms with Crippen LogP contribution in [0.1, 0.15) is 26.3 Å². The molecule has 0 spiro atoms. The Bertz CT molecular complexity index is 1440. The predicted octanol–water partition coefficient (Wildman–Crippen LogP) is 5.28. The van der Waals surface area contributed by atoms with Gasteiger partial charge in [0.2, 0.25) is 11.8 Å². The molecule has 0 aliphatic carbocycles. The molecule has 2 amide bonds. The van der Waals surface area contributed by atoms with Gasteiger partial charge in [0.15, 0.2) is 0 Å². The van der Waals surface area contributed by atoms with Crippen molar-refractivity contribution in [3.8, 4) is 5.75 Å². The third-order valence-corrected chi connectivity index (χ3v) is 8.37. The first-order chi connectivity index (χ1) is 19.0. The zero-order valence-electron chi connectivity index (χ0n) is 22.2. The van der Waals surface area contributed by atoms with Gasteiger partial charge in [-0.1, -0.05) is 29.3 Å². The van der Waals surface area contributed by atoms with E-state index < -0.39 is 40.2 Å². The van der Waals surface area contributed by atoms with Crippen molar-refractivity contribution in [2.75, 3.05) is 24.0 Å². The molecule has 0 unspecified atom stereocenters. The number of nitrogens with zero attached hydrogens (tertiary/aromatic N) is 2. The summed E-state index contributed by atoms with van der Waals surface area (Å²) in [5.41, 5.74) is 0.581. The van der Waals surface area contributed by atoms with Crippen molar-refractivity contribution in [3.05, 3.63) is 88.2 Å². The van der Waals surface area contributed by atoms with Gasteiger partial charge in [-0.15, -0.1) is 0 Å². The minimum absolute atomic E-state index is 0.0683. The van der Waals surface area contributed by atoms with Gasteiger partial charge in [0, 0.05) is 23.1 Å². The number of amides is 2. The predicted molar refractivity (Wildman–Crippen MR) is 154 cm³/mol. The average Bonchev–Trinajstić information content (AvgIpc) is 2.92. The lowest BCUT2D eigenvalue weighted by Crippen LogP contribution is -2.51. The van der Waals surface area contributed by atoms with Gasteiger partial charge in [-0.2, -0.15) is 0 Å². The van der Waals surface area contributed by atoms with Crippen LogP contribution in [0, 0.1) is 5.82 Å². The molecular formula is C28H30Cl2FN3O5S. The zero-order valence-corrected chi connectivity index (χ0v) is 24.6. The molecule has 0 aliphatic rings. The number of ether oxygens (including phenoxy) is 1. The molecule has 0 aromatic heterocycles. The van der Waals surface area contributed by atoms with E-state index in [1.165, 1.54) is 54.3 Å². The molecule has 3 aromatic rings. The minimum atomic E-state index is -4.31. The Balaban J connectivity index is 2.03. The van der Waals surface area contributed by atoms with Crippen LogP contribution in [0.25, 0.3) is 0 Å². The number of benzene rings is 3. The Kier molecular flexibility index (Phi) is 10.8. The molecule has 40 heavy (non-hydrogen) atoms. The van der Waals surface area contributed by atoms with Gasteiger partial charge in [0.05, 0.1) is 17.2 Å². The molecule has 3 aromatic carbocycles. The first-order valence-corrected chi connectivity index (χ1v) is 14.7. The maximum Gasteiger partial charge on any atom is 0.264 e. The molecule has 0 saturated heterocycles. The SMILES string of the molecule is CCNC(=O)[C@H](C)N(Cc1ccc(Cl)cc1Cl)C(=O)CN(c1ccc(F)cc1)S(=O)(=O)c1ccc(OCC)cc1. The zero-order chi connectivity index (χ0) is 29.4. The molecule has 12 heteroatoms. The second kappa shape index (κ2) is 13.8. The molecule has 0 aliphatic heterocycles. The van der Waals surface area contributed by atoms with Crippen molar-refractivity contribution in [1.29, 1.82) is 0 Å². The van der Waals surface area contributed by atoms with Crippen LogP contribution >= 0.6 is 23.2 Å². The second-order valence-electron chi connectivity index (χ2n) is 8.72. The molecule has 1 atom stereocenters. The monoisotopic (exact) mass is 609 g/mol. The van der Waals surface area contributed by atoms with E-state index in [2.05, 4.69) is 5.32 Å². The van der Waals surface area contributed by atoms with Gasteiger partial charge in [0.1, 0.15) is 24.2 Å². The number of carbonyl (C=O) groups is 2. The lowest BCUT2D eigenvalue weighted by molar-refractivity contribution is -0.139. The molecule has 0 fully saturated rings. The van der Waals surface area contributed by atoms with Crippen LogP contribution in [0.4, 0.5) is 10.1 Å². The van der Waals surface area contributed by atoms with Crippen LogP contribution in [0.3, 0.4) is 0 Å². The van der Waals surface area contributed by atoms with Crippen molar-refractivity contribution >= 4 is 50.7 Å². The number of halogens is 3. The van der Waals surface area contributed by atoms with E-state index in [9.17, 15) is 22.4 Å². The molecule has 0 heterocycles. The number of rotatable bonds is 12. The number of carbonyl (C=O) groups excluding carboxylic acids is 2. The third kappa shape index (κ3) is 7.65. The van der Waals surface area contributed by atoms with Gasteiger partial charge in [-0.25, -0.2) is 12.8 Å². The number of likely N-dealkylation sites (N-methyl/N-ethyl adjacent to an activating group) is 1. The minimum Gasteiger partial charge on any atom is -0.494 e. The van der Waals surface area contributed by atoms with E-state index >= 15 is 0 Å². The largest absolute Gasteiger partial charge is 0.494 e. The highest BCUT2D eigenvalue weighted by Gasteiger charge is 2.32. The Morgan fingerprint density at radius 3 is 2.23 bits per heavy atom. The van der Waals surface area contributed by atoms with Crippen molar-refractivity contribution in [2.24, 2.45) is 0 Å². The maximum absolute atomic E-state index is 13.8. The molecule has 3 rings (SSSR count). The van der Waals surface area contributed by atoms with E-state index in [0.29, 0.717) is 29.5 Å². The number of anilines is 1. The van der Waals surface area contributed by atoms with Crippen molar-refractivity contribution in [2.45, 2.75) is 38.3 Å². The summed E-state index contributed by atoms with van der Waals surface area (Å²) in [6.45, 7) is 5.06. The average molecular weight is 611 g/mol. The molecule has 0 radical (unpaired) electrons. The van der Waals surface area contributed by atoms with Crippen LogP contribution in [0.15, 0.2) is 71.6 Å². The van der Waals surface area contributed by atoms with Crippen LogP contribution in [0.2, 0.25) is 10.0 Å². The summed E-state index contributed by atoms with van der Waals surface area (Å²) in [6.07, 6.45) is 0. The number of nitrogens with one attached hydrogen (secondary N) is 1. The fraction of sp³-hybridized carbons (Fsp3) is 0.286. The molecule has 0 saturated carbocycles. The summed E-state index contributed by atoms with van der Waals surface area (Å²) in [4.78, 5) is 27.7. The summed E-state index contributed by atoms with van der Waals surface area (Å²) in [7, 11) is -4.31. The van der Waals surface area contributed by atoms with E-state index in [1.54, 1.807) is 26.0 Å². The Labute approximate surface area is 243 Å². The molecular weight excluding hydrogens is 580 g/mol. The van der Waals surface area contributed by atoms with Gasteiger partial charge < -0.3 is 15.0 Å². The van der Waals surface area contributed by atoms with E-state index in [4.69, 9.17) is 27.9 Å². The summed E-state index contributed by atoms with van der Waals surface area (Å²) >= 11 is 12.4. The molecule has 214 valence electrons. The quantitative estimate of drug-likeness (QED) is 0.301. The first kappa shape index (κ1) is 31.2. The fourth-order valence-corrected chi connectivity index (χ4v) is 5.76. The Morgan fingerprint density at radius 2 is 1.65 bits per heavy atom. The molecule has 1 N–H and O–H groups in total. The fourth-order valence-electron chi connectivity index (χ4n) is 3.88. The van der Waals surface area contributed by atoms with Gasteiger partial charge in [-0.05, 0) is 87.0 Å². The second-order valence-corrected chi connectivity index (χ2v) is 11.4. The van der Waals surface area contributed by atoms with Crippen LogP contribution in [-0.2, 0) is 26.2 Å². The van der Waals surface area contributed by atoms with Gasteiger partial charge in [-0.3, -0.25) is 13.9 Å². The summed E-state index contributed by atoms with van der Waals surface area (Å²) < 4.78 is 47.6. The number of hydrogen-bond acceptors (Lipinski definition) is 5. The smallest absolute Gasteiger partial charge is 0.264 e. The van der Waals surface area contributed by atoms with E-state index in [-0.39, 0.29) is 22.2 Å². The third-order valence-electron chi connectivity index (χ3n) is 5.99. The van der Waals surface area contributed by atoms with Crippen molar-refractivity contribution in [1.82, 2.24) is 10.2 Å². The highest BCUT2D eigenvalue weighted by Crippen LogP contribution is 2.27. The number of sulfonamides is 1. The highest BCUT2D eigenvalue weighted by atomic mass is 35.5. The van der Waals surface area contributed by atoms with Gasteiger partial charge in [0.25, 0.3) is 10.0 Å². The highest BCUT2D eigenvalue weighted by molar-refractivity contribution is 7.92. The summed E-state index contributed by atoms with van der Waals surface area (Å²) in [5, 5.41) is 3.36. The van der Waals surface area contributed by atoms with Crippen LogP contribution < -0.4 is 14.4 Å². The topological polar surface area (TPSA) is 96.0 Å². The number of hydrogen-bond donors (Lipinski definition) is 1. The van der Waals surface area contributed by atoms with Crippen LogP contribution in [0.5, 0.6) is 5.75 Å². The summed E-state index contributed by atoms with van der Waals surface area (Å²) in [5.74, 6) is -1.20. The van der Waals surface area contributed by atoms with Crippen molar-refractivity contribution < 1.29 is 27.1 Å². The standard InChI is InChI=1S/C28H30Cl2FN3O5S/c1-4-32-28(36)19(3)33(17-20-6-7-21(29)16-26(20)30)27(35)18-34(23-10-8-22(31)9-11-23)40(37,38)25-14-12-24(13-15-25)39-5-2/h6-16,19H,4-5,17-18H2,1-3H3,(H,32,36)/t19-/m0/s1. The normalized spacial score (nSPS) is 11.9. The lowest BCUT2D eigenvalue weighted by atomic mass is 10.1. The van der Waals surface area contributed by atoms with E-state index in [1.807, 2.05) is 0 Å².